The lowest BCUT2D eigenvalue weighted by Crippen LogP contribution is -2.01. The largest absolute Gasteiger partial charge is 0.298 e. The lowest BCUT2D eigenvalue weighted by molar-refractivity contribution is -0.384. The standard InChI is InChI=1S/C13H11N3O3/c17-8-10-7-11(16(18)19)3-4-13(10)15-6-5-12(14-15)9-1-2-9/h3-9H,1-2H2. The number of hydrogen-bond donors (Lipinski definition) is 0. The van der Waals surface area contributed by atoms with Gasteiger partial charge in [0.1, 0.15) is 0 Å². The fourth-order valence-corrected chi connectivity index (χ4v) is 2.03. The molecule has 1 saturated carbocycles. The molecule has 1 aromatic heterocycles. The number of nitro benzene ring substituents is 1. The van der Waals surface area contributed by atoms with E-state index >= 15 is 0 Å². The first-order valence-electron chi connectivity index (χ1n) is 5.98. The maximum absolute atomic E-state index is 11.1. The van der Waals surface area contributed by atoms with Crippen molar-refractivity contribution in [1.29, 1.82) is 0 Å². The van der Waals surface area contributed by atoms with Crippen molar-refractivity contribution in [2.45, 2.75) is 18.8 Å². The molecule has 0 radical (unpaired) electrons. The van der Waals surface area contributed by atoms with E-state index in [4.69, 9.17) is 0 Å². The summed E-state index contributed by atoms with van der Waals surface area (Å²) in [5.74, 6) is 0.527. The van der Waals surface area contributed by atoms with E-state index in [1.54, 1.807) is 16.9 Å². The molecule has 0 unspecified atom stereocenters. The van der Waals surface area contributed by atoms with E-state index in [2.05, 4.69) is 5.10 Å². The molecule has 6 nitrogen and oxygen atoms in total. The van der Waals surface area contributed by atoms with Crippen LogP contribution in [-0.2, 0) is 0 Å². The van der Waals surface area contributed by atoms with Gasteiger partial charge in [0.05, 0.1) is 16.3 Å². The molecular formula is C13H11N3O3. The molecule has 96 valence electrons. The van der Waals surface area contributed by atoms with E-state index in [-0.39, 0.29) is 11.3 Å². The maximum atomic E-state index is 11.1. The summed E-state index contributed by atoms with van der Waals surface area (Å²) in [6, 6.07) is 6.11. The van der Waals surface area contributed by atoms with Crippen LogP contribution in [-0.4, -0.2) is 21.0 Å². The molecule has 1 aliphatic rings. The van der Waals surface area contributed by atoms with Gasteiger partial charge in [0.2, 0.25) is 0 Å². The molecule has 1 fully saturated rings. The van der Waals surface area contributed by atoms with Crippen LogP contribution in [0.2, 0.25) is 0 Å². The predicted molar refractivity (Wildman–Crippen MR) is 67.6 cm³/mol. The number of carbonyl (C=O) groups excluding carboxylic acids is 1. The van der Waals surface area contributed by atoms with E-state index in [0.29, 0.717) is 17.9 Å². The molecule has 0 spiro atoms. The van der Waals surface area contributed by atoms with Crippen LogP contribution in [0.1, 0.15) is 34.8 Å². The molecule has 0 saturated heterocycles. The Labute approximate surface area is 108 Å². The number of benzene rings is 1. The summed E-state index contributed by atoms with van der Waals surface area (Å²) in [7, 11) is 0. The Morgan fingerprint density at radius 3 is 2.79 bits per heavy atom. The fraction of sp³-hybridized carbons (Fsp3) is 0.231. The first kappa shape index (κ1) is 11.6. The van der Waals surface area contributed by atoms with Crippen LogP contribution >= 0.6 is 0 Å². The number of aromatic nitrogens is 2. The van der Waals surface area contributed by atoms with E-state index in [1.807, 2.05) is 6.07 Å². The van der Waals surface area contributed by atoms with Gasteiger partial charge in [-0.25, -0.2) is 4.68 Å². The van der Waals surface area contributed by atoms with Crippen LogP contribution in [0.5, 0.6) is 0 Å². The summed E-state index contributed by atoms with van der Waals surface area (Å²) < 4.78 is 1.60. The van der Waals surface area contributed by atoms with Crippen LogP contribution in [0.4, 0.5) is 5.69 Å². The van der Waals surface area contributed by atoms with Gasteiger partial charge < -0.3 is 0 Å². The minimum atomic E-state index is -0.518. The molecule has 0 atom stereocenters. The maximum Gasteiger partial charge on any atom is 0.270 e. The van der Waals surface area contributed by atoms with Gasteiger partial charge in [-0.1, -0.05) is 0 Å². The average Bonchev–Trinajstić information content (AvgIpc) is 3.16. The van der Waals surface area contributed by atoms with Crippen molar-refractivity contribution in [2.75, 3.05) is 0 Å². The third kappa shape index (κ3) is 2.12. The monoisotopic (exact) mass is 257 g/mol. The van der Waals surface area contributed by atoms with Crippen molar-refractivity contribution < 1.29 is 9.72 Å². The third-order valence-electron chi connectivity index (χ3n) is 3.20. The van der Waals surface area contributed by atoms with Gasteiger partial charge in [0.15, 0.2) is 6.29 Å². The van der Waals surface area contributed by atoms with Crippen LogP contribution in [0.3, 0.4) is 0 Å². The first-order valence-corrected chi connectivity index (χ1v) is 5.98. The number of carbonyl (C=O) groups is 1. The lowest BCUT2D eigenvalue weighted by Gasteiger charge is -2.04. The minimum Gasteiger partial charge on any atom is -0.298 e. The fourth-order valence-electron chi connectivity index (χ4n) is 2.03. The van der Waals surface area contributed by atoms with Crippen LogP contribution in [0.15, 0.2) is 30.5 Å². The highest BCUT2D eigenvalue weighted by molar-refractivity contribution is 5.82. The molecule has 2 aromatic rings. The second kappa shape index (κ2) is 4.31. The van der Waals surface area contributed by atoms with Gasteiger partial charge in [-0.2, -0.15) is 5.10 Å². The Kier molecular flexibility index (Phi) is 2.63. The van der Waals surface area contributed by atoms with E-state index in [0.717, 1.165) is 18.5 Å². The predicted octanol–water partition coefficient (Wildman–Crippen LogP) is 2.47. The molecule has 0 aliphatic heterocycles. The Bertz CT molecular complexity index is 659. The van der Waals surface area contributed by atoms with Gasteiger partial charge in [-0.3, -0.25) is 14.9 Å². The molecule has 0 amide bonds. The highest BCUT2D eigenvalue weighted by Crippen LogP contribution is 2.39. The molecule has 1 aromatic carbocycles. The number of rotatable bonds is 4. The summed E-state index contributed by atoms with van der Waals surface area (Å²) in [5.41, 5.74) is 1.74. The first-order chi connectivity index (χ1) is 9.19. The molecule has 19 heavy (non-hydrogen) atoms. The van der Waals surface area contributed by atoms with E-state index in [9.17, 15) is 14.9 Å². The molecule has 3 rings (SSSR count). The van der Waals surface area contributed by atoms with E-state index < -0.39 is 4.92 Å². The van der Waals surface area contributed by atoms with Crippen molar-refractivity contribution in [3.8, 4) is 5.69 Å². The summed E-state index contributed by atoms with van der Waals surface area (Å²) in [5, 5.41) is 15.1. The molecule has 6 heteroatoms. The Hall–Kier alpha value is -2.50. The third-order valence-corrected chi connectivity index (χ3v) is 3.20. The van der Waals surface area contributed by atoms with Crippen molar-refractivity contribution >= 4 is 12.0 Å². The summed E-state index contributed by atoms with van der Waals surface area (Å²) in [4.78, 5) is 21.2. The zero-order valence-electron chi connectivity index (χ0n) is 10.0. The minimum absolute atomic E-state index is 0.0968. The van der Waals surface area contributed by atoms with Gasteiger partial charge in [-0.05, 0) is 25.0 Å². The van der Waals surface area contributed by atoms with Gasteiger partial charge in [0, 0.05) is 29.8 Å². The van der Waals surface area contributed by atoms with Crippen molar-refractivity contribution in [3.05, 3.63) is 51.8 Å². The number of nitrogens with zero attached hydrogens (tertiary/aromatic N) is 3. The number of non-ortho nitro benzene ring substituents is 1. The lowest BCUT2D eigenvalue weighted by atomic mass is 10.2. The molecule has 0 bridgehead atoms. The highest BCUT2D eigenvalue weighted by Gasteiger charge is 2.26. The zero-order chi connectivity index (χ0) is 13.4. The van der Waals surface area contributed by atoms with Crippen molar-refractivity contribution in [3.63, 3.8) is 0 Å². The van der Waals surface area contributed by atoms with Crippen LogP contribution in [0.25, 0.3) is 5.69 Å². The number of hydrogen-bond acceptors (Lipinski definition) is 4. The van der Waals surface area contributed by atoms with Gasteiger partial charge >= 0.3 is 0 Å². The van der Waals surface area contributed by atoms with Crippen molar-refractivity contribution in [1.82, 2.24) is 9.78 Å². The van der Waals surface area contributed by atoms with Gasteiger partial charge in [-0.15, -0.1) is 0 Å². The summed E-state index contributed by atoms with van der Waals surface area (Å²) in [6.07, 6.45) is 4.69. The second-order valence-corrected chi connectivity index (χ2v) is 4.58. The molecular weight excluding hydrogens is 246 g/mol. The Morgan fingerprint density at radius 1 is 1.37 bits per heavy atom. The van der Waals surface area contributed by atoms with Crippen LogP contribution in [0, 0.1) is 10.1 Å². The molecule has 1 heterocycles. The van der Waals surface area contributed by atoms with Crippen LogP contribution < -0.4 is 0 Å². The number of aldehydes is 1. The topological polar surface area (TPSA) is 78.0 Å². The highest BCUT2D eigenvalue weighted by atomic mass is 16.6. The molecule has 1 aliphatic carbocycles. The molecule has 0 N–H and O–H groups in total. The average molecular weight is 257 g/mol. The SMILES string of the molecule is O=Cc1cc([N+](=O)[O-])ccc1-n1ccc(C2CC2)n1. The smallest absolute Gasteiger partial charge is 0.270 e. The van der Waals surface area contributed by atoms with E-state index in [1.165, 1.54) is 12.1 Å². The summed E-state index contributed by atoms with van der Waals surface area (Å²) in [6.45, 7) is 0. The summed E-state index contributed by atoms with van der Waals surface area (Å²) >= 11 is 0. The normalized spacial score (nSPS) is 14.3. The van der Waals surface area contributed by atoms with Crippen molar-refractivity contribution in [2.24, 2.45) is 0 Å². The number of nitro groups is 1. The Balaban J connectivity index is 2.02. The van der Waals surface area contributed by atoms with Gasteiger partial charge in [0.25, 0.3) is 5.69 Å². The zero-order valence-corrected chi connectivity index (χ0v) is 10.0. The second-order valence-electron chi connectivity index (χ2n) is 4.58. The quantitative estimate of drug-likeness (QED) is 0.479. The Morgan fingerprint density at radius 2 is 2.16 bits per heavy atom.